The third-order valence-electron chi connectivity index (χ3n) is 7.24. The van der Waals surface area contributed by atoms with Gasteiger partial charge in [-0.2, -0.15) is 0 Å². The molecule has 190 valence electrons. The average Bonchev–Trinajstić information content (AvgIpc) is 3.31. The van der Waals surface area contributed by atoms with Crippen LogP contribution in [0.4, 0.5) is 15.8 Å². The predicted octanol–water partition coefficient (Wildman–Crippen LogP) is 5.58. The summed E-state index contributed by atoms with van der Waals surface area (Å²) in [5.74, 6) is -0.434. The van der Waals surface area contributed by atoms with Gasteiger partial charge in [-0.05, 0) is 48.4 Å². The van der Waals surface area contributed by atoms with Gasteiger partial charge in [0, 0.05) is 80.0 Å². The van der Waals surface area contributed by atoms with Crippen LogP contribution in [-0.2, 0) is 11.3 Å². The number of anilines is 1. The number of hydrogen-bond acceptors (Lipinski definition) is 4. The molecule has 2 heterocycles. The fourth-order valence-corrected chi connectivity index (χ4v) is 5.22. The lowest BCUT2D eigenvalue weighted by atomic mass is 9.87. The first-order valence-electron chi connectivity index (χ1n) is 12.5. The summed E-state index contributed by atoms with van der Waals surface area (Å²) in [5, 5.41) is 12.0. The first-order valence-corrected chi connectivity index (χ1v) is 12.5. The number of carbonyl (C=O) groups excluding carboxylic acids is 1. The number of non-ortho nitro benzene ring substituents is 1. The molecule has 7 nitrogen and oxygen atoms in total. The molecule has 0 spiro atoms. The van der Waals surface area contributed by atoms with Crippen LogP contribution < -0.4 is 4.90 Å². The number of aromatic nitrogens is 1. The van der Waals surface area contributed by atoms with Gasteiger partial charge in [0.15, 0.2) is 0 Å². The summed E-state index contributed by atoms with van der Waals surface area (Å²) < 4.78 is 15.9. The summed E-state index contributed by atoms with van der Waals surface area (Å²) in [6.45, 7) is 5.36. The highest BCUT2D eigenvalue weighted by atomic mass is 19.1. The molecule has 1 aromatic heterocycles. The standard InChI is InChI=1S/C29H29FN4O3/c1-2-31-20-27(25-5-3-4-6-28(25)31)26(21-7-9-22(30)10-8-21)19-29(35)33-17-15-32(16-18-33)23-11-13-24(14-12-23)34(36)37/h3-14,20,26H,2,15-19H2,1H3. The van der Waals surface area contributed by atoms with Crippen molar-refractivity contribution in [2.75, 3.05) is 31.1 Å². The maximum absolute atomic E-state index is 13.7. The second-order valence-electron chi connectivity index (χ2n) is 9.34. The Morgan fingerprint density at radius 1 is 0.973 bits per heavy atom. The van der Waals surface area contributed by atoms with E-state index in [1.807, 2.05) is 17.0 Å². The zero-order chi connectivity index (χ0) is 25.9. The van der Waals surface area contributed by atoms with E-state index >= 15 is 0 Å². The summed E-state index contributed by atoms with van der Waals surface area (Å²) in [6, 6.07) is 21.2. The van der Waals surface area contributed by atoms with Crippen LogP contribution in [0, 0.1) is 15.9 Å². The van der Waals surface area contributed by atoms with E-state index in [4.69, 9.17) is 0 Å². The van der Waals surface area contributed by atoms with Gasteiger partial charge in [-0.25, -0.2) is 4.39 Å². The largest absolute Gasteiger partial charge is 0.368 e. The zero-order valence-electron chi connectivity index (χ0n) is 20.7. The van der Waals surface area contributed by atoms with E-state index in [0.29, 0.717) is 32.6 Å². The monoisotopic (exact) mass is 500 g/mol. The first kappa shape index (κ1) is 24.5. The van der Waals surface area contributed by atoms with E-state index in [2.05, 4.69) is 34.7 Å². The predicted molar refractivity (Wildman–Crippen MR) is 142 cm³/mol. The maximum atomic E-state index is 13.7. The van der Waals surface area contributed by atoms with E-state index in [1.54, 1.807) is 24.3 Å². The minimum absolute atomic E-state index is 0.0611. The number of piperazine rings is 1. The molecule has 0 aliphatic carbocycles. The Labute approximate surface area is 214 Å². The molecule has 5 rings (SSSR count). The number of fused-ring (bicyclic) bond motifs is 1. The Morgan fingerprint density at radius 2 is 1.65 bits per heavy atom. The Hall–Kier alpha value is -4.20. The maximum Gasteiger partial charge on any atom is 0.269 e. The van der Waals surface area contributed by atoms with Crippen LogP contribution in [0.3, 0.4) is 0 Å². The van der Waals surface area contributed by atoms with Gasteiger partial charge in [0.1, 0.15) is 5.82 Å². The van der Waals surface area contributed by atoms with E-state index in [9.17, 15) is 19.3 Å². The number of hydrogen-bond donors (Lipinski definition) is 0. The summed E-state index contributed by atoms with van der Waals surface area (Å²) in [7, 11) is 0. The number of aryl methyl sites for hydroxylation is 1. The van der Waals surface area contributed by atoms with Crippen molar-refractivity contribution in [2.24, 2.45) is 0 Å². The van der Waals surface area contributed by atoms with Crippen molar-refractivity contribution >= 4 is 28.2 Å². The molecule has 0 bridgehead atoms. The first-order chi connectivity index (χ1) is 17.9. The van der Waals surface area contributed by atoms with E-state index < -0.39 is 4.92 Å². The number of nitro benzene ring substituents is 1. The fraction of sp³-hybridized carbons (Fsp3) is 0.276. The lowest BCUT2D eigenvalue weighted by Crippen LogP contribution is -2.49. The van der Waals surface area contributed by atoms with Crippen LogP contribution in [0.15, 0.2) is 79.0 Å². The van der Waals surface area contributed by atoms with E-state index in [-0.39, 0.29) is 23.3 Å². The van der Waals surface area contributed by atoms with Crippen molar-refractivity contribution in [1.82, 2.24) is 9.47 Å². The van der Waals surface area contributed by atoms with Gasteiger partial charge in [-0.1, -0.05) is 30.3 Å². The van der Waals surface area contributed by atoms with Crippen molar-refractivity contribution < 1.29 is 14.1 Å². The molecular formula is C29H29FN4O3. The van der Waals surface area contributed by atoms with Crippen LogP contribution in [0.25, 0.3) is 10.9 Å². The van der Waals surface area contributed by atoms with Crippen LogP contribution in [0.5, 0.6) is 0 Å². The second kappa shape index (κ2) is 10.4. The molecule has 1 unspecified atom stereocenters. The van der Waals surface area contributed by atoms with Crippen LogP contribution in [0.1, 0.15) is 30.4 Å². The number of amides is 1. The van der Waals surface area contributed by atoms with Gasteiger partial charge in [0.25, 0.3) is 5.69 Å². The number of halogens is 1. The molecular weight excluding hydrogens is 471 g/mol. The minimum atomic E-state index is -0.407. The molecule has 0 radical (unpaired) electrons. The van der Waals surface area contributed by atoms with Crippen molar-refractivity contribution in [1.29, 1.82) is 0 Å². The van der Waals surface area contributed by atoms with Gasteiger partial charge in [0.05, 0.1) is 4.92 Å². The quantitative estimate of drug-likeness (QED) is 0.245. The SMILES string of the molecule is CCn1cc(C(CC(=O)N2CCN(c3ccc([N+](=O)[O-])cc3)CC2)c2ccc(F)cc2)c2ccccc21. The normalized spacial score (nSPS) is 14.6. The fourth-order valence-electron chi connectivity index (χ4n) is 5.22. The Balaban J connectivity index is 1.35. The van der Waals surface area contributed by atoms with E-state index in [1.165, 1.54) is 24.3 Å². The third-order valence-corrected chi connectivity index (χ3v) is 7.24. The molecule has 37 heavy (non-hydrogen) atoms. The Morgan fingerprint density at radius 3 is 2.30 bits per heavy atom. The molecule has 1 saturated heterocycles. The lowest BCUT2D eigenvalue weighted by molar-refractivity contribution is -0.384. The molecule has 1 fully saturated rings. The summed E-state index contributed by atoms with van der Waals surface area (Å²) in [6.07, 6.45) is 2.42. The van der Waals surface area contributed by atoms with Crippen LogP contribution >= 0.6 is 0 Å². The number of para-hydroxylation sites is 1. The minimum Gasteiger partial charge on any atom is -0.368 e. The van der Waals surface area contributed by atoms with Gasteiger partial charge < -0.3 is 14.4 Å². The highest BCUT2D eigenvalue weighted by Crippen LogP contribution is 2.35. The molecule has 4 aromatic rings. The van der Waals surface area contributed by atoms with Crippen molar-refractivity contribution in [3.05, 3.63) is 106 Å². The molecule has 1 aliphatic heterocycles. The van der Waals surface area contributed by atoms with Crippen LogP contribution in [-0.4, -0.2) is 46.5 Å². The average molecular weight is 501 g/mol. The molecule has 0 N–H and O–H groups in total. The lowest BCUT2D eigenvalue weighted by Gasteiger charge is -2.36. The zero-order valence-corrected chi connectivity index (χ0v) is 20.7. The number of nitrogens with zero attached hydrogens (tertiary/aromatic N) is 4. The number of carbonyl (C=O) groups is 1. The molecule has 1 aliphatic rings. The van der Waals surface area contributed by atoms with Crippen molar-refractivity contribution in [3.8, 4) is 0 Å². The van der Waals surface area contributed by atoms with Crippen molar-refractivity contribution in [3.63, 3.8) is 0 Å². The summed E-state index contributed by atoms with van der Waals surface area (Å²) in [5.41, 5.74) is 4.08. The summed E-state index contributed by atoms with van der Waals surface area (Å²) >= 11 is 0. The molecule has 0 saturated carbocycles. The Kier molecular flexibility index (Phi) is 6.90. The Bertz CT molecular complexity index is 1410. The highest BCUT2D eigenvalue weighted by molar-refractivity contribution is 5.86. The number of nitro groups is 1. The molecule has 8 heteroatoms. The second-order valence-corrected chi connectivity index (χ2v) is 9.34. The molecule has 1 atom stereocenters. The van der Waals surface area contributed by atoms with Crippen molar-refractivity contribution in [2.45, 2.75) is 25.8 Å². The van der Waals surface area contributed by atoms with Gasteiger partial charge >= 0.3 is 0 Å². The topological polar surface area (TPSA) is 71.6 Å². The van der Waals surface area contributed by atoms with Gasteiger partial charge in [-0.3, -0.25) is 14.9 Å². The highest BCUT2D eigenvalue weighted by Gasteiger charge is 2.27. The van der Waals surface area contributed by atoms with Gasteiger partial charge in [0.2, 0.25) is 5.91 Å². The van der Waals surface area contributed by atoms with Crippen LogP contribution in [0.2, 0.25) is 0 Å². The number of rotatable bonds is 7. The number of benzene rings is 3. The smallest absolute Gasteiger partial charge is 0.269 e. The third kappa shape index (κ3) is 5.05. The van der Waals surface area contributed by atoms with E-state index in [0.717, 1.165) is 34.3 Å². The molecule has 1 amide bonds. The molecule has 3 aromatic carbocycles. The summed E-state index contributed by atoms with van der Waals surface area (Å²) in [4.78, 5) is 28.1. The van der Waals surface area contributed by atoms with Gasteiger partial charge in [-0.15, -0.1) is 0 Å².